The Morgan fingerprint density at radius 3 is 2.92 bits per heavy atom. The molecular formula is C8H7BrN4. The van der Waals surface area contributed by atoms with Crippen LogP contribution in [0.1, 0.15) is 0 Å². The molecule has 2 rings (SSSR count). The van der Waals surface area contributed by atoms with Gasteiger partial charge in [-0.05, 0) is 34.1 Å². The fourth-order valence-corrected chi connectivity index (χ4v) is 1.47. The van der Waals surface area contributed by atoms with Crippen molar-refractivity contribution in [3.63, 3.8) is 0 Å². The van der Waals surface area contributed by atoms with Crippen LogP contribution in [0.15, 0.2) is 35.3 Å². The lowest BCUT2D eigenvalue weighted by Crippen LogP contribution is -1.97. The molecule has 2 N–H and O–H groups in total. The molecule has 1 heterocycles. The van der Waals surface area contributed by atoms with Crippen molar-refractivity contribution < 1.29 is 0 Å². The summed E-state index contributed by atoms with van der Waals surface area (Å²) in [5.41, 5.74) is 7.24. The maximum Gasteiger partial charge on any atom is 0.138 e. The standard InChI is InChI=1S/C8H7BrN4/c9-7-2-1-6(10)3-8(7)13-5-11-4-12-13/h1-5H,10H2. The van der Waals surface area contributed by atoms with Crippen molar-refractivity contribution in [1.29, 1.82) is 0 Å². The molecule has 1 aromatic carbocycles. The van der Waals surface area contributed by atoms with Crippen molar-refractivity contribution in [1.82, 2.24) is 14.8 Å². The van der Waals surface area contributed by atoms with Crippen molar-refractivity contribution in [2.24, 2.45) is 0 Å². The number of rotatable bonds is 1. The number of nitrogens with two attached hydrogens (primary N) is 1. The van der Waals surface area contributed by atoms with Gasteiger partial charge in [-0.2, -0.15) is 5.10 Å². The second kappa shape index (κ2) is 3.18. The highest BCUT2D eigenvalue weighted by Gasteiger charge is 2.02. The van der Waals surface area contributed by atoms with Gasteiger partial charge in [0.2, 0.25) is 0 Å². The maximum absolute atomic E-state index is 5.65. The van der Waals surface area contributed by atoms with Crippen molar-refractivity contribution in [2.45, 2.75) is 0 Å². The molecule has 1 aromatic heterocycles. The molecule has 0 aliphatic rings. The molecule has 0 radical (unpaired) electrons. The Bertz CT molecular complexity index is 410. The summed E-state index contributed by atoms with van der Waals surface area (Å²) in [6, 6.07) is 5.54. The van der Waals surface area contributed by atoms with Crippen LogP contribution in [-0.2, 0) is 0 Å². The summed E-state index contributed by atoms with van der Waals surface area (Å²) in [5.74, 6) is 0. The van der Waals surface area contributed by atoms with Gasteiger partial charge in [0.15, 0.2) is 0 Å². The summed E-state index contributed by atoms with van der Waals surface area (Å²) >= 11 is 3.41. The topological polar surface area (TPSA) is 56.7 Å². The minimum atomic E-state index is 0.703. The molecule has 0 bridgehead atoms. The predicted molar refractivity (Wildman–Crippen MR) is 53.5 cm³/mol. The number of nitrogen functional groups attached to an aromatic ring is 1. The van der Waals surface area contributed by atoms with E-state index in [1.807, 2.05) is 18.2 Å². The minimum Gasteiger partial charge on any atom is -0.399 e. The Balaban J connectivity index is 2.57. The first kappa shape index (κ1) is 8.25. The zero-order valence-electron chi connectivity index (χ0n) is 6.68. The van der Waals surface area contributed by atoms with Gasteiger partial charge in [0, 0.05) is 10.2 Å². The van der Waals surface area contributed by atoms with E-state index in [9.17, 15) is 0 Å². The fourth-order valence-electron chi connectivity index (χ4n) is 1.04. The van der Waals surface area contributed by atoms with Crippen molar-refractivity contribution in [3.05, 3.63) is 35.3 Å². The van der Waals surface area contributed by atoms with Crippen LogP contribution in [0.3, 0.4) is 0 Å². The third-order valence-corrected chi connectivity index (χ3v) is 2.31. The Morgan fingerprint density at radius 2 is 2.23 bits per heavy atom. The largest absolute Gasteiger partial charge is 0.399 e. The van der Waals surface area contributed by atoms with E-state index in [0.717, 1.165) is 10.2 Å². The van der Waals surface area contributed by atoms with Gasteiger partial charge in [-0.3, -0.25) is 0 Å². The smallest absolute Gasteiger partial charge is 0.138 e. The van der Waals surface area contributed by atoms with Crippen molar-refractivity contribution >= 4 is 21.6 Å². The number of halogens is 1. The maximum atomic E-state index is 5.65. The van der Waals surface area contributed by atoms with Crippen molar-refractivity contribution in [2.75, 3.05) is 5.73 Å². The number of aromatic nitrogens is 3. The summed E-state index contributed by atoms with van der Waals surface area (Å²) in [6.45, 7) is 0. The van der Waals surface area contributed by atoms with Crippen LogP contribution in [0, 0.1) is 0 Å². The summed E-state index contributed by atoms with van der Waals surface area (Å²) in [6.07, 6.45) is 3.11. The van der Waals surface area contributed by atoms with Gasteiger partial charge in [0.05, 0.1) is 5.69 Å². The second-order valence-corrected chi connectivity index (χ2v) is 3.41. The molecule has 0 atom stereocenters. The molecule has 5 heteroatoms. The van der Waals surface area contributed by atoms with E-state index in [-0.39, 0.29) is 0 Å². The van der Waals surface area contributed by atoms with Crippen LogP contribution >= 0.6 is 15.9 Å². The molecule has 0 saturated heterocycles. The van der Waals surface area contributed by atoms with Gasteiger partial charge in [-0.1, -0.05) is 0 Å². The number of benzene rings is 1. The number of anilines is 1. The van der Waals surface area contributed by atoms with Gasteiger partial charge in [0.25, 0.3) is 0 Å². The SMILES string of the molecule is Nc1ccc(Br)c(-n2cncn2)c1. The lowest BCUT2D eigenvalue weighted by atomic mass is 10.3. The molecule has 0 aliphatic carbocycles. The molecule has 0 amide bonds. The van der Waals surface area contributed by atoms with Crippen LogP contribution in [0.25, 0.3) is 5.69 Å². The lowest BCUT2D eigenvalue weighted by molar-refractivity contribution is 0.875. The Kier molecular flexibility index (Phi) is 2.02. The van der Waals surface area contributed by atoms with E-state index in [1.54, 1.807) is 11.0 Å². The normalized spacial score (nSPS) is 10.2. The summed E-state index contributed by atoms with van der Waals surface area (Å²) < 4.78 is 2.59. The quantitative estimate of drug-likeness (QED) is 0.769. The van der Waals surface area contributed by atoms with Gasteiger partial charge in [-0.25, -0.2) is 9.67 Å². The molecule has 0 fully saturated rings. The van der Waals surface area contributed by atoms with E-state index < -0.39 is 0 Å². The van der Waals surface area contributed by atoms with Gasteiger partial charge in [-0.15, -0.1) is 0 Å². The Labute approximate surface area is 83.5 Å². The summed E-state index contributed by atoms with van der Waals surface area (Å²) in [4.78, 5) is 3.86. The highest BCUT2D eigenvalue weighted by atomic mass is 79.9. The summed E-state index contributed by atoms with van der Waals surface area (Å²) in [7, 11) is 0. The molecule has 2 aromatic rings. The minimum absolute atomic E-state index is 0.703. The van der Waals surface area contributed by atoms with Crippen LogP contribution in [-0.4, -0.2) is 14.8 Å². The predicted octanol–water partition coefficient (Wildman–Crippen LogP) is 1.61. The molecule has 0 spiro atoms. The van der Waals surface area contributed by atoms with Crippen LogP contribution in [0.2, 0.25) is 0 Å². The third-order valence-electron chi connectivity index (χ3n) is 1.64. The van der Waals surface area contributed by atoms with Crippen LogP contribution in [0.5, 0.6) is 0 Å². The average molecular weight is 239 g/mol. The zero-order valence-corrected chi connectivity index (χ0v) is 8.27. The van der Waals surface area contributed by atoms with E-state index in [4.69, 9.17) is 5.73 Å². The van der Waals surface area contributed by atoms with Gasteiger partial charge < -0.3 is 5.73 Å². The van der Waals surface area contributed by atoms with Crippen LogP contribution < -0.4 is 5.73 Å². The van der Waals surface area contributed by atoms with E-state index in [0.29, 0.717) is 5.69 Å². The van der Waals surface area contributed by atoms with Gasteiger partial charge >= 0.3 is 0 Å². The van der Waals surface area contributed by atoms with Crippen molar-refractivity contribution in [3.8, 4) is 5.69 Å². The fraction of sp³-hybridized carbons (Fsp3) is 0. The molecule has 13 heavy (non-hydrogen) atoms. The first-order valence-electron chi connectivity index (χ1n) is 3.67. The lowest BCUT2D eigenvalue weighted by Gasteiger charge is -2.03. The molecule has 0 unspecified atom stereocenters. The Morgan fingerprint density at radius 1 is 1.38 bits per heavy atom. The van der Waals surface area contributed by atoms with Crippen LogP contribution in [0.4, 0.5) is 5.69 Å². The molecule has 0 saturated carbocycles. The summed E-state index contributed by atoms with van der Waals surface area (Å²) in [5, 5.41) is 4.01. The molecule has 66 valence electrons. The third kappa shape index (κ3) is 1.55. The van der Waals surface area contributed by atoms with E-state index in [1.165, 1.54) is 6.33 Å². The van der Waals surface area contributed by atoms with E-state index in [2.05, 4.69) is 26.0 Å². The zero-order chi connectivity index (χ0) is 9.26. The number of hydrogen-bond donors (Lipinski definition) is 1. The van der Waals surface area contributed by atoms with Gasteiger partial charge in [0.1, 0.15) is 12.7 Å². The Hall–Kier alpha value is -1.36. The molecule has 4 nitrogen and oxygen atoms in total. The molecular weight excluding hydrogens is 232 g/mol. The highest BCUT2D eigenvalue weighted by Crippen LogP contribution is 2.22. The highest BCUT2D eigenvalue weighted by molar-refractivity contribution is 9.10. The molecule has 0 aliphatic heterocycles. The second-order valence-electron chi connectivity index (χ2n) is 2.55. The monoisotopic (exact) mass is 238 g/mol. The number of nitrogens with zero attached hydrogens (tertiary/aromatic N) is 3. The average Bonchev–Trinajstić information content (AvgIpc) is 2.61. The van der Waals surface area contributed by atoms with E-state index >= 15 is 0 Å². The first-order chi connectivity index (χ1) is 6.27. The number of hydrogen-bond acceptors (Lipinski definition) is 3. The first-order valence-corrected chi connectivity index (χ1v) is 4.47.